The second-order valence-corrected chi connectivity index (χ2v) is 5.38. The molecule has 0 aliphatic rings. The number of ether oxygens (including phenoxy) is 2. The summed E-state index contributed by atoms with van der Waals surface area (Å²) < 4.78 is 10.1. The monoisotopic (exact) mass is 332 g/mol. The van der Waals surface area contributed by atoms with Crippen molar-refractivity contribution in [1.29, 1.82) is 0 Å². The predicted octanol–water partition coefficient (Wildman–Crippen LogP) is 3.71. The number of methoxy groups -OCH3 is 1. The average molecular weight is 333 g/mol. The Morgan fingerprint density at radius 3 is 2.26 bits per heavy atom. The van der Waals surface area contributed by atoms with Gasteiger partial charge < -0.3 is 9.47 Å². The number of ketones is 1. The first-order valence-corrected chi connectivity index (χ1v) is 7.53. The number of hydrogen-bond donors (Lipinski definition) is 0. The molecular weight excluding hydrogens is 316 g/mol. The minimum Gasteiger partial charge on any atom is -0.497 e. The Labute approximate surface area is 140 Å². The van der Waals surface area contributed by atoms with Crippen LogP contribution in [0, 0.1) is 0 Å². The summed E-state index contributed by atoms with van der Waals surface area (Å²) in [6, 6.07) is 13.9. The largest absolute Gasteiger partial charge is 0.497 e. The second kappa shape index (κ2) is 8.34. The summed E-state index contributed by atoms with van der Waals surface area (Å²) in [6.07, 6.45) is 0.776. The summed E-state index contributed by atoms with van der Waals surface area (Å²) in [5.74, 6) is 0.118. The van der Waals surface area contributed by atoms with Crippen molar-refractivity contribution in [2.24, 2.45) is 0 Å². The van der Waals surface area contributed by atoms with E-state index in [-0.39, 0.29) is 18.8 Å². The molecule has 0 aliphatic heterocycles. The number of benzene rings is 2. The molecule has 0 aliphatic carbocycles. The van der Waals surface area contributed by atoms with Gasteiger partial charge in [0.1, 0.15) is 5.75 Å². The summed E-state index contributed by atoms with van der Waals surface area (Å²) in [5.41, 5.74) is 1.48. The van der Waals surface area contributed by atoms with Crippen molar-refractivity contribution < 1.29 is 19.1 Å². The van der Waals surface area contributed by atoms with E-state index < -0.39 is 5.97 Å². The van der Waals surface area contributed by atoms with Gasteiger partial charge in [0.15, 0.2) is 12.4 Å². The van der Waals surface area contributed by atoms with E-state index in [0.29, 0.717) is 17.0 Å². The number of esters is 1. The Balaban J connectivity index is 1.76. The van der Waals surface area contributed by atoms with E-state index in [1.165, 1.54) is 0 Å². The molecule has 0 unspecified atom stereocenters. The van der Waals surface area contributed by atoms with E-state index in [1.54, 1.807) is 31.4 Å². The van der Waals surface area contributed by atoms with Crippen molar-refractivity contribution in [3.63, 3.8) is 0 Å². The van der Waals surface area contributed by atoms with E-state index in [2.05, 4.69) is 0 Å². The fourth-order valence-corrected chi connectivity index (χ4v) is 2.10. The van der Waals surface area contributed by atoms with Crippen molar-refractivity contribution in [3.8, 4) is 5.75 Å². The fourth-order valence-electron chi connectivity index (χ4n) is 1.98. The molecule has 0 amide bonds. The van der Waals surface area contributed by atoms with Crippen LogP contribution < -0.4 is 4.74 Å². The van der Waals surface area contributed by atoms with Crippen molar-refractivity contribution >= 4 is 23.4 Å². The number of rotatable bonds is 7. The lowest BCUT2D eigenvalue weighted by Gasteiger charge is -2.05. The van der Waals surface area contributed by atoms with Crippen LogP contribution >= 0.6 is 11.6 Å². The molecule has 0 heterocycles. The third kappa shape index (κ3) is 5.42. The molecule has 2 aromatic rings. The molecule has 0 atom stereocenters. The highest BCUT2D eigenvalue weighted by atomic mass is 35.5. The molecule has 0 spiro atoms. The highest BCUT2D eigenvalue weighted by molar-refractivity contribution is 6.30. The molecule has 0 saturated carbocycles. The Kier molecular flexibility index (Phi) is 6.18. The first kappa shape index (κ1) is 17.0. The Hall–Kier alpha value is -2.33. The third-order valence-electron chi connectivity index (χ3n) is 3.31. The van der Waals surface area contributed by atoms with E-state index in [0.717, 1.165) is 11.3 Å². The number of Topliss-reactive ketones (excluding diaryl/α,β-unsaturated/α-hetero) is 1. The topological polar surface area (TPSA) is 52.6 Å². The summed E-state index contributed by atoms with van der Waals surface area (Å²) in [5, 5.41) is 0.554. The molecular formula is C18H17ClO4. The molecule has 0 saturated heterocycles. The van der Waals surface area contributed by atoms with Crippen LogP contribution in [0.1, 0.15) is 22.3 Å². The van der Waals surface area contributed by atoms with Crippen LogP contribution in [0.2, 0.25) is 5.02 Å². The number of halogens is 1. The van der Waals surface area contributed by atoms with Gasteiger partial charge in [-0.2, -0.15) is 0 Å². The van der Waals surface area contributed by atoms with Crippen LogP contribution in [0.4, 0.5) is 0 Å². The van der Waals surface area contributed by atoms with Crippen molar-refractivity contribution in [3.05, 3.63) is 64.7 Å². The lowest BCUT2D eigenvalue weighted by atomic mass is 10.1. The van der Waals surface area contributed by atoms with E-state index in [4.69, 9.17) is 21.1 Å². The van der Waals surface area contributed by atoms with E-state index in [1.807, 2.05) is 24.3 Å². The summed E-state index contributed by atoms with van der Waals surface area (Å²) in [6.45, 7) is -0.261. The number of aryl methyl sites for hydroxylation is 1. The van der Waals surface area contributed by atoms with E-state index >= 15 is 0 Å². The zero-order valence-electron chi connectivity index (χ0n) is 12.8. The second-order valence-electron chi connectivity index (χ2n) is 4.94. The molecule has 23 heavy (non-hydrogen) atoms. The zero-order valence-corrected chi connectivity index (χ0v) is 13.5. The molecule has 0 N–H and O–H groups in total. The summed E-state index contributed by atoms with van der Waals surface area (Å²) in [7, 11) is 1.60. The molecule has 5 heteroatoms. The number of carbonyl (C=O) groups is 2. The van der Waals surface area contributed by atoms with Crippen LogP contribution in [0.5, 0.6) is 5.75 Å². The molecule has 0 fully saturated rings. The minimum atomic E-state index is -0.400. The third-order valence-corrected chi connectivity index (χ3v) is 3.56. The maximum atomic E-state index is 11.9. The van der Waals surface area contributed by atoms with E-state index in [9.17, 15) is 9.59 Å². The van der Waals surface area contributed by atoms with Gasteiger partial charge in [0.05, 0.1) is 7.11 Å². The standard InChI is InChI=1S/C18H17ClO4/c1-22-16-9-2-13(3-10-16)4-11-18(21)23-12-17(20)14-5-7-15(19)8-6-14/h2-3,5-10H,4,11-12H2,1H3. The van der Waals surface area contributed by atoms with Crippen molar-refractivity contribution in [2.45, 2.75) is 12.8 Å². The van der Waals surface area contributed by atoms with Gasteiger partial charge in [-0.25, -0.2) is 0 Å². The van der Waals surface area contributed by atoms with Gasteiger partial charge in [0.25, 0.3) is 0 Å². The van der Waals surface area contributed by atoms with Gasteiger partial charge in [-0.3, -0.25) is 9.59 Å². The van der Waals surface area contributed by atoms with Gasteiger partial charge in [0.2, 0.25) is 0 Å². The van der Waals surface area contributed by atoms with Crippen molar-refractivity contribution in [2.75, 3.05) is 13.7 Å². The SMILES string of the molecule is COc1ccc(CCC(=O)OCC(=O)c2ccc(Cl)cc2)cc1. The van der Waals surface area contributed by atoms with Crippen LogP contribution in [0.15, 0.2) is 48.5 Å². The lowest BCUT2D eigenvalue weighted by Crippen LogP contribution is -2.14. The molecule has 4 nitrogen and oxygen atoms in total. The quantitative estimate of drug-likeness (QED) is 0.573. The van der Waals surface area contributed by atoms with Crippen LogP contribution in [-0.4, -0.2) is 25.5 Å². The van der Waals surface area contributed by atoms with Crippen LogP contribution in [0.25, 0.3) is 0 Å². The Morgan fingerprint density at radius 1 is 1.00 bits per heavy atom. The Bertz CT molecular complexity index is 662. The van der Waals surface area contributed by atoms with Crippen LogP contribution in [0.3, 0.4) is 0 Å². The predicted molar refractivity (Wildman–Crippen MR) is 88.1 cm³/mol. The maximum absolute atomic E-state index is 11.9. The number of carbonyl (C=O) groups excluding carboxylic acids is 2. The van der Waals surface area contributed by atoms with Gasteiger partial charge in [0, 0.05) is 17.0 Å². The zero-order chi connectivity index (χ0) is 16.7. The molecule has 2 rings (SSSR count). The molecule has 2 aromatic carbocycles. The molecule has 120 valence electrons. The minimum absolute atomic E-state index is 0.222. The first-order chi connectivity index (χ1) is 11.1. The van der Waals surface area contributed by atoms with Gasteiger partial charge >= 0.3 is 5.97 Å². The van der Waals surface area contributed by atoms with Gasteiger partial charge in [-0.15, -0.1) is 0 Å². The summed E-state index contributed by atoms with van der Waals surface area (Å²) in [4.78, 5) is 23.6. The number of hydrogen-bond acceptors (Lipinski definition) is 4. The first-order valence-electron chi connectivity index (χ1n) is 7.16. The molecule has 0 radical (unpaired) electrons. The lowest BCUT2D eigenvalue weighted by molar-refractivity contribution is -0.142. The van der Waals surface area contributed by atoms with Gasteiger partial charge in [-0.05, 0) is 48.4 Å². The highest BCUT2D eigenvalue weighted by Gasteiger charge is 2.10. The average Bonchev–Trinajstić information content (AvgIpc) is 2.59. The smallest absolute Gasteiger partial charge is 0.306 e. The van der Waals surface area contributed by atoms with Crippen LogP contribution in [-0.2, 0) is 16.0 Å². The highest BCUT2D eigenvalue weighted by Crippen LogP contribution is 2.13. The summed E-state index contributed by atoms with van der Waals surface area (Å²) >= 11 is 5.76. The molecule has 0 bridgehead atoms. The van der Waals surface area contributed by atoms with Crippen molar-refractivity contribution in [1.82, 2.24) is 0 Å². The fraction of sp³-hybridized carbons (Fsp3) is 0.222. The van der Waals surface area contributed by atoms with Gasteiger partial charge in [-0.1, -0.05) is 23.7 Å². The Morgan fingerprint density at radius 2 is 1.65 bits per heavy atom. The maximum Gasteiger partial charge on any atom is 0.306 e. The molecule has 0 aromatic heterocycles. The normalized spacial score (nSPS) is 10.2.